The highest BCUT2D eigenvalue weighted by Gasteiger charge is 2.13. The Balaban J connectivity index is 2.14. The van der Waals surface area contributed by atoms with E-state index >= 15 is 0 Å². The highest BCUT2D eigenvalue weighted by atomic mass is 35.5. The Kier molecular flexibility index (Phi) is 4.70. The summed E-state index contributed by atoms with van der Waals surface area (Å²) < 4.78 is 5.12. The first-order valence-corrected chi connectivity index (χ1v) is 6.89. The summed E-state index contributed by atoms with van der Waals surface area (Å²) in [5, 5.41) is 3.56. The number of ether oxygens (including phenoxy) is 1. The van der Waals surface area contributed by atoms with E-state index in [1.807, 2.05) is 25.1 Å². The minimum atomic E-state index is -0.194. The fourth-order valence-electron chi connectivity index (χ4n) is 1.99. The van der Waals surface area contributed by atoms with Crippen LogP contribution >= 0.6 is 11.6 Å². The van der Waals surface area contributed by atoms with Crippen molar-refractivity contribution >= 4 is 23.2 Å². The van der Waals surface area contributed by atoms with Crippen LogP contribution in [0.2, 0.25) is 5.02 Å². The molecule has 0 aliphatic rings. The number of nitrogen functional groups attached to an aromatic ring is 1. The summed E-state index contributed by atoms with van der Waals surface area (Å²) in [6.07, 6.45) is 0. The third-order valence-corrected chi connectivity index (χ3v) is 3.43. The Hall–Kier alpha value is -2.20. The summed E-state index contributed by atoms with van der Waals surface area (Å²) in [6.45, 7) is 1.90. The van der Waals surface area contributed by atoms with E-state index in [4.69, 9.17) is 22.1 Å². The van der Waals surface area contributed by atoms with Gasteiger partial charge in [-0.2, -0.15) is 0 Å². The van der Waals surface area contributed by atoms with Gasteiger partial charge in [-0.15, -0.1) is 0 Å². The lowest BCUT2D eigenvalue weighted by atomic mass is 10.1. The molecule has 110 valence electrons. The molecule has 0 aromatic heterocycles. The monoisotopic (exact) mass is 304 g/mol. The van der Waals surface area contributed by atoms with Gasteiger partial charge in [-0.1, -0.05) is 23.7 Å². The van der Waals surface area contributed by atoms with Crippen LogP contribution in [0, 0.1) is 0 Å². The fourth-order valence-corrected chi connectivity index (χ4v) is 2.19. The molecular formula is C16H17ClN2O2. The number of nitrogens with one attached hydrogen (secondary N) is 1. The fraction of sp³-hybridized carbons (Fsp3) is 0.188. The summed E-state index contributed by atoms with van der Waals surface area (Å²) in [6, 6.07) is 12.2. The van der Waals surface area contributed by atoms with Crippen molar-refractivity contribution in [1.29, 1.82) is 0 Å². The summed E-state index contributed by atoms with van der Waals surface area (Å²) >= 11 is 5.96. The number of hydrogen-bond acceptors (Lipinski definition) is 3. The van der Waals surface area contributed by atoms with Crippen molar-refractivity contribution in [3.8, 4) is 5.75 Å². The number of methoxy groups -OCH3 is 1. The Morgan fingerprint density at radius 1 is 1.29 bits per heavy atom. The summed E-state index contributed by atoms with van der Waals surface area (Å²) in [5.74, 6) is 0.291. The Morgan fingerprint density at radius 3 is 2.71 bits per heavy atom. The number of benzene rings is 2. The third-order valence-electron chi connectivity index (χ3n) is 3.19. The number of rotatable bonds is 4. The number of nitrogens with two attached hydrogens (primary N) is 1. The molecule has 21 heavy (non-hydrogen) atoms. The molecule has 1 unspecified atom stereocenters. The molecule has 0 saturated carbocycles. The van der Waals surface area contributed by atoms with E-state index in [0.717, 1.165) is 5.56 Å². The van der Waals surface area contributed by atoms with E-state index < -0.39 is 0 Å². The van der Waals surface area contributed by atoms with Gasteiger partial charge in [0.2, 0.25) is 0 Å². The zero-order valence-corrected chi connectivity index (χ0v) is 12.6. The molecule has 2 aromatic carbocycles. The van der Waals surface area contributed by atoms with Crippen molar-refractivity contribution in [3.05, 3.63) is 58.6 Å². The average molecular weight is 305 g/mol. The molecule has 2 aromatic rings. The number of hydrogen-bond donors (Lipinski definition) is 2. The van der Waals surface area contributed by atoms with Crippen molar-refractivity contribution in [2.45, 2.75) is 13.0 Å². The van der Waals surface area contributed by atoms with Crippen molar-refractivity contribution in [2.24, 2.45) is 0 Å². The maximum absolute atomic E-state index is 12.3. The SMILES string of the molecule is COc1cc(C(=O)NC(C)c2cccc(Cl)c2)ccc1N. The number of carbonyl (C=O) groups is 1. The Bertz CT molecular complexity index is 658. The lowest BCUT2D eigenvalue weighted by molar-refractivity contribution is 0.0939. The largest absolute Gasteiger partial charge is 0.495 e. The molecule has 5 heteroatoms. The molecular weight excluding hydrogens is 288 g/mol. The molecule has 2 rings (SSSR count). The van der Waals surface area contributed by atoms with Crippen LogP contribution in [0.4, 0.5) is 5.69 Å². The molecule has 1 amide bonds. The molecule has 0 heterocycles. The Labute approximate surface area is 128 Å². The van der Waals surface area contributed by atoms with E-state index in [2.05, 4.69) is 5.32 Å². The summed E-state index contributed by atoms with van der Waals surface area (Å²) in [4.78, 5) is 12.3. The average Bonchev–Trinajstić information content (AvgIpc) is 2.47. The van der Waals surface area contributed by atoms with E-state index in [9.17, 15) is 4.79 Å². The number of carbonyl (C=O) groups excluding carboxylic acids is 1. The van der Waals surface area contributed by atoms with Crippen LogP contribution in [0.25, 0.3) is 0 Å². The van der Waals surface area contributed by atoms with Crippen molar-refractivity contribution < 1.29 is 9.53 Å². The second kappa shape index (κ2) is 6.50. The van der Waals surface area contributed by atoms with Crippen LogP contribution < -0.4 is 15.8 Å². The minimum Gasteiger partial charge on any atom is -0.495 e. The van der Waals surface area contributed by atoms with Gasteiger partial charge in [0, 0.05) is 10.6 Å². The van der Waals surface area contributed by atoms with Crippen LogP contribution in [-0.4, -0.2) is 13.0 Å². The number of halogens is 1. The molecule has 0 saturated heterocycles. The van der Waals surface area contributed by atoms with Gasteiger partial charge in [-0.05, 0) is 42.8 Å². The molecule has 0 aliphatic carbocycles. The van der Waals surface area contributed by atoms with Gasteiger partial charge in [-0.3, -0.25) is 4.79 Å². The van der Waals surface area contributed by atoms with Crippen LogP contribution in [0.5, 0.6) is 5.75 Å². The van der Waals surface area contributed by atoms with E-state index in [1.54, 1.807) is 24.3 Å². The first-order chi connectivity index (χ1) is 10.0. The van der Waals surface area contributed by atoms with Gasteiger partial charge in [0.1, 0.15) is 5.75 Å². The second-order valence-corrected chi connectivity index (χ2v) is 5.14. The smallest absolute Gasteiger partial charge is 0.251 e. The van der Waals surface area contributed by atoms with Crippen LogP contribution in [0.15, 0.2) is 42.5 Å². The van der Waals surface area contributed by atoms with Crippen LogP contribution in [-0.2, 0) is 0 Å². The van der Waals surface area contributed by atoms with E-state index in [-0.39, 0.29) is 11.9 Å². The number of amides is 1. The topological polar surface area (TPSA) is 64.3 Å². The lowest BCUT2D eigenvalue weighted by Crippen LogP contribution is -2.26. The predicted molar refractivity (Wildman–Crippen MR) is 84.7 cm³/mol. The van der Waals surface area contributed by atoms with Gasteiger partial charge in [-0.25, -0.2) is 0 Å². The highest BCUT2D eigenvalue weighted by molar-refractivity contribution is 6.30. The zero-order valence-electron chi connectivity index (χ0n) is 11.9. The van der Waals surface area contributed by atoms with Gasteiger partial charge in [0.15, 0.2) is 0 Å². The molecule has 0 fully saturated rings. The minimum absolute atomic E-state index is 0.153. The molecule has 0 radical (unpaired) electrons. The predicted octanol–water partition coefficient (Wildman–Crippen LogP) is 3.42. The van der Waals surface area contributed by atoms with Crippen molar-refractivity contribution in [2.75, 3.05) is 12.8 Å². The molecule has 1 atom stereocenters. The zero-order chi connectivity index (χ0) is 15.4. The molecule has 4 nitrogen and oxygen atoms in total. The molecule has 3 N–H and O–H groups in total. The first kappa shape index (κ1) is 15.2. The first-order valence-electron chi connectivity index (χ1n) is 6.51. The third kappa shape index (κ3) is 3.67. The quantitative estimate of drug-likeness (QED) is 0.851. The Morgan fingerprint density at radius 2 is 2.05 bits per heavy atom. The maximum atomic E-state index is 12.3. The van der Waals surface area contributed by atoms with Crippen LogP contribution in [0.3, 0.4) is 0 Å². The summed E-state index contributed by atoms with van der Waals surface area (Å²) in [5.41, 5.74) is 7.67. The second-order valence-electron chi connectivity index (χ2n) is 4.71. The number of anilines is 1. The molecule has 0 spiro atoms. The van der Waals surface area contributed by atoms with Gasteiger partial charge >= 0.3 is 0 Å². The van der Waals surface area contributed by atoms with Crippen molar-refractivity contribution in [1.82, 2.24) is 5.32 Å². The van der Waals surface area contributed by atoms with Crippen molar-refractivity contribution in [3.63, 3.8) is 0 Å². The highest BCUT2D eigenvalue weighted by Crippen LogP contribution is 2.23. The van der Waals surface area contributed by atoms with E-state index in [0.29, 0.717) is 22.0 Å². The standard InChI is InChI=1S/C16H17ClN2O2/c1-10(11-4-3-5-13(17)8-11)19-16(20)12-6-7-14(18)15(9-12)21-2/h3-10H,18H2,1-2H3,(H,19,20). The molecule has 0 aliphatic heterocycles. The van der Waals surface area contributed by atoms with Gasteiger partial charge in [0.25, 0.3) is 5.91 Å². The van der Waals surface area contributed by atoms with Crippen LogP contribution in [0.1, 0.15) is 28.9 Å². The van der Waals surface area contributed by atoms with Gasteiger partial charge in [0.05, 0.1) is 18.8 Å². The molecule has 0 bridgehead atoms. The summed E-state index contributed by atoms with van der Waals surface area (Å²) in [7, 11) is 1.52. The lowest BCUT2D eigenvalue weighted by Gasteiger charge is -2.15. The van der Waals surface area contributed by atoms with E-state index in [1.165, 1.54) is 7.11 Å². The normalized spacial score (nSPS) is 11.8. The maximum Gasteiger partial charge on any atom is 0.251 e. The van der Waals surface area contributed by atoms with Gasteiger partial charge < -0.3 is 15.8 Å².